The van der Waals surface area contributed by atoms with E-state index in [-0.39, 0.29) is 6.54 Å². The number of hydrogen-bond acceptors (Lipinski definition) is 5. The van der Waals surface area contributed by atoms with Gasteiger partial charge in [-0.15, -0.1) is 0 Å². The Morgan fingerprint density at radius 2 is 2.00 bits per heavy atom. The molecule has 0 heterocycles. The molecule has 0 saturated heterocycles. The fraction of sp³-hybridized carbons (Fsp3) is 0.455. The zero-order chi connectivity index (χ0) is 15.2. The van der Waals surface area contributed by atoms with Crippen molar-refractivity contribution in [3.05, 3.63) is 34.1 Å². The first-order valence-corrected chi connectivity index (χ1v) is 7.51. The Labute approximate surface area is 116 Å². The summed E-state index contributed by atoms with van der Waals surface area (Å²) in [6.07, 6.45) is 0.894. The monoisotopic (exact) mass is 305 g/mol. The van der Waals surface area contributed by atoms with Crippen LogP contribution < -0.4 is 10.0 Å². The lowest BCUT2D eigenvalue weighted by molar-refractivity contribution is -0.388. The smallest absolute Gasteiger partial charge is 0.292 e. The van der Waals surface area contributed by atoms with Crippen molar-refractivity contribution in [3.63, 3.8) is 0 Å². The summed E-state index contributed by atoms with van der Waals surface area (Å²) in [4.78, 5) is 8.92. The highest BCUT2D eigenvalue weighted by Gasteiger charge is 2.29. The minimum Gasteiger partial charge on any atom is -0.315 e. The Kier molecular flexibility index (Phi) is 5.99. The Morgan fingerprint density at radius 3 is 2.60 bits per heavy atom. The maximum atomic E-state index is 13.6. The summed E-state index contributed by atoms with van der Waals surface area (Å²) in [6, 6.07) is 2.92. The van der Waals surface area contributed by atoms with Gasteiger partial charge in [-0.1, -0.05) is 13.0 Å². The highest BCUT2D eigenvalue weighted by atomic mass is 32.2. The van der Waals surface area contributed by atoms with E-state index in [4.69, 9.17) is 0 Å². The minimum atomic E-state index is -4.26. The Morgan fingerprint density at radius 1 is 1.30 bits per heavy atom. The number of benzene rings is 1. The molecule has 0 aliphatic carbocycles. The van der Waals surface area contributed by atoms with Gasteiger partial charge >= 0.3 is 0 Å². The molecule has 2 N–H and O–H groups in total. The minimum absolute atomic E-state index is 0.0216. The van der Waals surface area contributed by atoms with Gasteiger partial charge in [0.25, 0.3) is 5.69 Å². The third-order valence-electron chi connectivity index (χ3n) is 2.43. The predicted molar refractivity (Wildman–Crippen MR) is 71.4 cm³/mol. The second kappa shape index (κ2) is 7.27. The molecule has 0 spiro atoms. The van der Waals surface area contributed by atoms with Crippen LogP contribution in [0.5, 0.6) is 0 Å². The van der Waals surface area contributed by atoms with Crippen molar-refractivity contribution in [3.8, 4) is 0 Å². The van der Waals surface area contributed by atoms with Crippen LogP contribution in [0.4, 0.5) is 10.1 Å². The first-order chi connectivity index (χ1) is 9.40. The molecule has 0 atom stereocenters. The fourth-order valence-electron chi connectivity index (χ4n) is 1.55. The van der Waals surface area contributed by atoms with Crippen LogP contribution in [0.15, 0.2) is 23.1 Å². The van der Waals surface area contributed by atoms with Crippen LogP contribution in [0.1, 0.15) is 13.3 Å². The molecule has 0 unspecified atom stereocenters. The average Bonchev–Trinajstić information content (AvgIpc) is 2.37. The third kappa shape index (κ3) is 4.22. The molecule has 0 amide bonds. The van der Waals surface area contributed by atoms with E-state index in [9.17, 15) is 22.9 Å². The van der Waals surface area contributed by atoms with Gasteiger partial charge in [0, 0.05) is 19.2 Å². The molecule has 112 valence electrons. The lowest BCUT2D eigenvalue weighted by atomic mass is 10.3. The summed E-state index contributed by atoms with van der Waals surface area (Å²) in [5.74, 6) is -1.15. The van der Waals surface area contributed by atoms with Crippen molar-refractivity contribution in [2.24, 2.45) is 0 Å². The summed E-state index contributed by atoms with van der Waals surface area (Å²) in [5.41, 5.74) is -0.779. The van der Waals surface area contributed by atoms with Crippen molar-refractivity contribution >= 4 is 15.7 Å². The van der Waals surface area contributed by atoms with E-state index >= 15 is 0 Å². The number of nitro groups is 1. The van der Waals surface area contributed by atoms with Gasteiger partial charge in [0.1, 0.15) is 5.82 Å². The van der Waals surface area contributed by atoms with Crippen molar-refractivity contribution in [2.75, 3.05) is 19.6 Å². The number of hydrogen-bond donors (Lipinski definition) is 2. The molecule has 20 heavy (non-hydrogen) atoms. The third-order valence-corrected chi connectivity index (χ3v) is 3.96. The zero-order valence-corrected chi connectivity index (χ0v) is 11.7. The van der Waals surface area contributed by atoms with Crippen LogP contribution in [-0.4, -0.2) is 33.0 Å². The molecule has 0 bridgehead atoms. The van der Waals surface area contributed by atoms with Crippen molar-refractivity contribution in [1.29, 1.82) is 0 Å². The molecule has 9 heteroatoms. The van der Waals surface area contributed by atoms with Crippen LogP contribution in [0.25, 0.3) is 0 Å². The van der Waals surface area contributed by atoms with E-state index in [2.05, 4.69) is 10.0 Å². The fourth-order valence-corrected chi connectivity index (χ4v) is 2.81. The van der Waals surface area contributed by atoms with Crippen LogP contribution in [-0.2, 0) is 10.0 Å². The van der Waals surface area contributed by atoms with Gasteiger partial charge in [0.2, 0.25) is 10.0 Å². The number of sulfonamides is 1. The van der Waals surface area contributed by atoms with E-state index in [0.717, 1.165) is 31.2 Å². The molecule has 1 rings (SSSR count). The van der Waals surface area contributed by atoms with Gasteiger partial charge in [0.15, 0.2) is 4.90 Å². The average molecular weight is 305 g/mol. The second-order valence-corrected chi connectivity index (χ2v) is 5.70. The Hall–Kier alpha value is -1.58. The highest BCUT2D eigenvalue weighted by molar-refractivity contribution is 7.89. The predicted octanol–water partition coefficient (Wildman–Crippen LogP) is 1.01. The lowest BCUT2D eigenvalue weighted by Crippen LogP contribution is -2.32. The SMILES string of the molecule is CCCNCCNS(=O)(=O)c1c(F)cccc1[N+](=O)[O-]. The summed E-state index contributed by atoms with van der Waals surface area (Å²) >= 11 is 0. The number of halogens is 1. The molecule has 0 aliphatic heterocycles. The van der Waals surface area contributed by atoms with E-state index in [1.165, 1.54) is 0 Å². The van der Waals surface area contributed by atoms with Crippen molar-refractivity contribution in [1.82, 2.24) is 10.0 Å². The largest absolute Gasteiger partial charge is 0.315 e. The molecule has 0 aromatic heterocycles. The zero-order valence-electron chi connectivity index (χ0n) is 10.9. The summed E-state index contributed by atoms with van der Waals surface area (Å²) in [5, 5.41) is 13.7. The molecule has 0 fully saturated rings. The standard InChI is InChI=1S/C11H16FN3O4S/c1-2-6-13-7-8-14-20(18,19)11-9(12)4-3-5-10(11)15(16)17/h3-5,13-14H,2,6-8H2,1H3. The van der Waals surface area contributed by atoms with E-state index < -0.39 is 31.3 Å². The number of nitrogens with one attached hydrogen (secondary N) is 2. The van der Waals surface area contributed by atoms with Gasteiger partial charge in [-0.2, -0.15) is 0 Å². The molecule has 0 aliphatic rings. The maximum absolute atomic E-state index is 13.6. The molecule has 7 nitrogen and oxygen atoms in total. The Balaban J connectivity index is 2.90. The Bertz CT molecular complexity index is 577. The lowest BCUT2D eigenvalue weighted by Gasteiger charge is -2.08. The van der Waals surface area contributed by atoms with Gasteiger partial charge in [-0.05, 0) is 19.0 Å². The van der Waals surface area contributed by atoms with E-state index in [1.54, 1.807) is 0 Å². The first-order valence-electron chi connectivity index (χ1n) is 6.03. The number of nitrogens with zero attached hydrogens (tertiary/aromatic N) is 1. The normalized spacial score (nSPS) is 11.5. The second-order valence-electron chi connectivity index (χ2n) is 3.99. The van der Waals surface area contributed by atoms with Crippen LogP contribution in [0.3, 0.4) is 0 Å². The summed E-state index contributed by atoms with van der Waals surface area (Å²) < 4.78 is 39.6. The van der Waals surface area contributed by atoms with Crippen LogP contribution in [0, 0.1) is 15.9 Å². The highest BCUT2D eigenvalue weighted by Crippen LogP contribution is 2.25. The molecule has 0 saturated carbocycles. The molecule has 1 aromatic rings. The summed E-state index contributed by atoms with van der Waals surface area (Å²) in [6.45, 7) is 3.06. The van der Waals surface area contributed by atoms with Crippen molar-refractivity contribution in [2.45, 2.75) is 18.2 Å². The van der Waals surface area contributed by atoms with Gasteiger partial charge in [-0.3, -0.25) is 10.1 Å². The maximum Gasteiger partial charge on any atom is 0.292 e. The van der Waals surface area contributed by atoms with E-state index in [0.29, 0.717) is 6.54 Å². The summed E-state index contributed by atoms with van der Waals surface area (Å²) in [7, 11) is -4.26. The van der Waals surface area contributed by atoms with Gasteiger partial charge in [0.05, 0.1) is 4.92 Å². The quantitative estimate of drug-likeness (QED) is 0.424. The molecular formula is C11H16FN3O4S. The number of rotatable bonds is 8. The van der Waals surface area contributed by atoms with E-state index in [1.807, 2.05) is 6.92 Å². The van der Waals surface area contributed by atoms with Gasteiger partial charge in [-0.25, -0.2) is 17.5 Å². The van der Waals surface area contributed by atoms with Crippen LogP contribution in [0.2, 0.25) is 0 Å². The molecular weight excluding hydrogens is 289 g/mol. The topological polar surface area (TPSA) is 101 Å². The first kappa shape index (κ1) is 16.5. The molecule has 0 radical (unpaired) electrons. The van der Waals surface area contributed by atoms with Crippen molar-refractivity contribution < 1.29 is 17.7 Å². The van der Waals surface area contributed by atoms with Gasteiger partial charge < -0.3 is 5.32 Å². The molecule has 1 aromatic carbocycles. The number of nitro benzene ring substituents is 1. The van der Waals surface area contributed by atoms with Crippen LogP contribution >= 0.6 is 0 Å².